The standard InChI is InChI=1S/C12H20N4O2S/c1-9-2-3-10(6-9)8-15-19(17,18)11-4-5-14-12(7-11)16-13/h4-5,7,9-10,15H,2-3,6,8,13H2,1H3,(H,14,16). The lowest BCUT2D eigenvalue weighted by atomic mass is 10.1. The van der Waals surface area contributed by atoms with Crippen LogP contribution in [0.3, 0.4) is 0 Å². The molecule has 4 N–H and O–H groups in total. The zero-order chi connectivity index (χ0) is 13.9. The summed E-state index contributed by atoms with van der Waals surface area (Å²) in [5, 5.41) is 0. The van der Waals surface area contributed by atoms with Crippen LogP contribution in [0.1, 0.15) is 26.2 Å². The van der Waals surface area contributed by atoms with Crippen molar-refractivity contribution in [1.29, 1.82) is 0 Å². The van der Waals surface area contributed by atoms with Crippen molar-refractivity contribution in [3.63, 3.8) is 0 Å². The molecule has 1 aliphatic rings. The molecule has 106 valence electrons. The van der Waals surface area contributed by atoms with Crippen LogP contribution in [-0.2, 0) is 10.0 Å². The summed E-state index contributed by atoms with van der Waals surface area (Å²) in [7, 11) is -3.48. The highest BCUT2D eigenvalue weighted by molar-refractivity contribution is 7.89. The molecule has 19 heavy (non-hydrogen) atoms. The van der Waals surface area contributed by atoms with Crippen molar-refractivity contribution in [1.82, 2.24) is 9.71 Å². The van der Waals surface area contributed by atoms with Crippen LogP contribution >= 0.6 is 0 Å². The monoisotopic (exact) mass is 284 g/mol. The van der Waals surface area contributed by atoms with E-state index >= 15 is 0 Å². The first-order valence-electron chi connectivity index (χ1n) is 6.43. The van der Waals surface area contributed by atoms with Gasteiger partial charge in [0.05, 0.1) is 4.90 Å². The summed E-state index contributed by atoms with van der Waals surface area (Å²) in [6, 6.07) is 2.88. The molecule has 0 aliphatic heterocycles. The highest BCUT2D eigenvalue weighted by Crippen LogP contribution is 2.29. The number of hydrogen-bond donors (Lipinski definition) is 3. The molecule has 2 rings (SSSR count). The maximum atomic E-state index is 12.1. The van der Waals surface area contributed by atoms with Crippen molar-refractivity contribution < 1.29 is 8.42 Å². The number of rotatable bonds is 5. The molecule has 0 aromatic carbocycles. The van der Waals surface area contributed by atoms with Gasteiger partial charge in [0.15, 0.2) is 0 Å². The van der Waals surface area contributed by atoms with Crippen LogP contribution in [0.25, 0.3) is 0 Å². The molecule has 2 unspecified atom stereocenters. The first-order valence-corrected chi connectivity index (χ1v) is 7.92. The Kier molecular flexibility index (Phi) is 4.38. The van der Waals surface area contributed by atoms with Crippen molar-refractivity contribution in [2.24, 2.45) is 17.7 Å². The summed E-state index contributed by atoms with van der Waals surface area (Å²) in [5.74, 6) is 6.69. The normalized spacial score (nSPS) is 23.5. The number of anilines is 1. The quantitative estimate of drug-likeness (QED) is 0.555. The highest BCUT2D eigenvalue weighted by Gasteiger charge is 2.23. The van der Waals surface area contributed by atoms with E-state index < -0.39 is 10.0 Å². The summed E-state index contributed by atoms with van der Waals surface area (Å²) < 4.78 is 26.9. The Hall–Kier alpha value is -1.18. The third-order valence-electron chi connectivity index (χ3n) is 3.56. The lowest BCUT2D eigenvalue weighted by Crippen LogP contribution is -2.28. The maximum absolute atomic E-state index is 12.1. The number of nitrogens with zero attached hydrogens (tertiary/aromatic N) is 1. The molecule has 7 heteroatoms. The van der Waals surface area contributed by atoms with Gasteiger partial charge in [0.1, 0.15) is 5.82 Å². The molecule has 2 atom stereocenters. The second-order valence-corrected chi connectivity index (χ2v) is 6.92. The van der Waals surface area contributed by atoms with Gasteiger partial charge in [-0.05, 0) is 30.7 Å². The Bertz CT molecular complexity index is 532. The molecule has 0 bridgehead atoms. The van der Waals surface area contributed by atoms with Crippen LogP contribution in [0.4, 0.5) is 5.82 Å². The molecule has 0 amide bonds. The zero-order valence-electron chi connectivity index (χ0n) is 11.0. The number of hydrazine groups is 1. The molecule has 0 saturated heterocycles. The lowest BCUT2D eigenvalue weighted by molar-refractivity contribution is 0.498. The van der Waals surface area contributed by atoms with Crippen LogP contribution in [0.2, 0.25) is 0 Å². The zero-order valence-corrected chi connectivity index (χ0v) is 11.8. The minimum Gasteiger partial charge on any atom is -0.308 e. The topological polar surface area (TPSA) is 97.1 Å². The average molecular weight is 284 g/mol. The highest BCUT2D eigenvalue weighted by atomic mass is 32.2. The average Bonchev–Trinajstić information content (AvgIpc) is 2.82. The number of sulfonamides is 1. The van der Waals surface area contributed by atoms with Gasteiger partial charge in [-0.15, -0.1) is 0 Å². The lowest BCUT2D eigenvalue weighted by Gasteiger charge is -2.12. The molecule has 0 radical (unpaired) electrons. The van der Waals surface area contributed by atoms with E-state index in [0.717, 1.165) is 12.8 Å². The fourth-order valence-corrected chi connectivity index (χ4v) is 3.61. The number of aromatic nitrogens is 1. The van der Waals surface area contributed by atoms with Gasteiger partial charge in [0.2, 0.25) is 10.0 Å². The van der Waals surface area contributed by atoms with Crippen molar-refractivity contribution in [3.8, 4) is 0 Å². The summed E-state index contributed by atoms with van der Waals surface area (Å²) >= 11 is 0. The number of nitrogens with two attached hydrogens (primary N) is 1. The molecular weight excluding hydrogens is 264 g/mol. The molecule has 1 heterocycles. The maximum Gasteiger partial charge on any atom is 0.240 e. The van der Waals surface area contributed by atoms with Gasteiger partial charge in [0.25, 0.3) is 0 Å². The van der Waals surface area contributed by atoms with E-state index in [1.54, 1.807) is 0 Å². The molecule has 0 spiro atoms. The number of nitrogen functional groups attached to an aromatic ring is 1. The SMILES string of the molecule is CC1CCC(CNS(=O)(=O)c2ccnc(NN)c2)C1. The van der Waals surface area contributed by atoms with E-state index in [0.29, 0.717) is 24.2 Å². The van der Waals surface area contributed by atoms with E-state index in [2.05, 4.69) is 22.1 Å². The first-order chi connectivity index (χ1) is 9.01. The molecule has 1 aliphatic carbocycles. The Morgan fingerprint density at radius 1 is 1.47 bits per heavy atom. The van der Waals surface area contributed by atoms with E-state index in [1.165, 1.54) is 24.8 Å². The van der Waals surface area contributed by atoms with Crippen molar-refractivity contribution in [2.75, 3.05) is 12.0 Å². The Morgan fingerprint density at radius 2 is 2.26 bits per heavy atom. The van der Waals surface area contributed by atoms with Gasteiger partial charge in [-0.1, -0.05) is 13.3 Å². The van der Waals surface area contributed by atoms with E-state index in [-0.39, 0.29) is 4.90 Å². The summed E-state index contributed by atoms with van der Waals surface area (Å²) in [4.78, 5) is 4.07. The molecule has 1 aromatic heterocycles. The fraction of sp³-hybridized carbons (Fsp3) is 0.583. The van der Waals surface area contributed by atoms with Gasteiger partial charge in [-0.25, -0.2) is 24.0 Å². The largest absolute Gasteiger partial charge is 0.308 e. The third kappa shape index (κ3) is 3.65. The smallest absolute Gasteiger partial charge is 0.240 e. The number of hydrogen-bond acceptors (Lipinski definition) is 5. The summed E-state index contributed by atoms with van der Waals surface area (Å²) in [5.41, 5.74) is 2.34. The van der Waals surface area contributed by atoms with Crippen molar-refractivity contribution in [2.45, 2.75) is 31.1 Å². The van der Waals surface area contributed by atoms with Gasteiger partial charge >= 0.3 is 0 Å². The van der Waals surface area contributed by atoms with Crippen LogP contribution in [0.15, 0.2) is 23.2 Å². The molecule has 1 saturated carbocycles. The molecular formula is C12H20N4O2S. The predicted molar refractivity (Wildman–Crippen MR) is 73.7 cm³/mol. The first kappa shape index (κ1) is 14.2. The van der Waals surface area contributed by atoms with E-state index in [9.17, 15) is 8.42 Å². The molecule has 1 fully saturated rings. The van der Waals surface area contributed by atoms with Gasteiger partial charge < -0.3 is 5.43 Å². The van der Waals surface area contributed by atoms with Gasteiger partial charge in [-0.3, -0.25) is 0 Å². The predicted octanol–water partition coefficient (Wildman–Crippen LogP) is 1.08. The minimum absolute atomic E-state index is 0.182. The van der Waals surface area contributed by atoms with Crippen LogP contribution in [0.5, 0.6) is 0 Å². The molecule has 6 nitrogen and oxygen atoms in total. The Balaban J connectivity index is 2.01. The van der Waals surface area contributed by atoms with Gasteiger partial charge in [-0.2, -0.15) is 0 Å². The van der Waals surface area contributed by atoms with Gasteiger partial charge in [0, 0.05) is 18.8 Å². The minimum atomic E-state index is -3.48. The number of pyridine rings is 1. The van der Waals surface area contributed by atoms with Crippen molar-refractivity contribution >= 4 is 15.8 Å². The second-order valence-electron chi connectivity index (χ2n) is 5.16. The van der Waals surface area contributed by atoms with Crippen LogP contribution < -0.4 is 16.0 Å². The Labute approximate surface area is 113 Å². The summed E-state index contributed by atoms with van der Waals surface area (Å²) in [6.45, 7) is 2.71. The van der Waals surface area contributed by atoms with E-state index in [4.69, 9.17) is 5.84 Å². The van der Waals surface area contributed by atoms with Crippen LogP contribution in [-0.4, -0.2) is 19.9 Å². The van der Waals surface area contributed by atoms with Crippen LogP contribution in [0, 0.1) is 11.8 Å². The van der Waals surface area contributed by atoms with E-state index in [1.807, 2.05) is 0 Å². The Morgan fingerprint density at radius 3 is 2.89 bits per heavy atom. The third-order valence-corrected chi connectivity index (χ3v) is 4.98. The fourth-order valence-electron chi connectivity index (χ4n) is 2.48. The van der Waals surface area contributed by atoms with Crippen molar-refractivity contribution in [3.05, 3.63) is 18.3 Å². The number of nitrogens with one attached hydrogen (secondary N) is 2. The molecule has 1 aromatic rings. The summed E-state index contributed by atoms with van der Waals surface area (Å²) in [6.07, 6.45) is 4.79. The second kappa shape index (κ2) is 5.85.